The van der Waals surface area contributed by atoms with E-state index in [-0.39, 0.29) is 21.5 Å². The van der Waals surface area contributed by atoms with Gasteiger partial charge in [0.1, 0.15) is 4.21 Å². The number of sulfonamides is 1. The highest BCUT2D eigenvalue weighted by atomic mass is 32.2. The molecule has 0 radical (unpaired) electrons. The van der Waals surface area contributed by atoms with Gasteiger partial charge in [-0.3, -0.25) is 9.52 Å². The Balaban J connectivity index is 2.06. The van der Waals surface area contributed by atoms with Crippen LogP contribution in [0.25, 0.3) is 0 Å². The van der Waals surface area contributed by atoms with Crippen molar-refractivity contribution in [1.29, 1.82) is 0 Å². The fourth-order valence-corrected chi connectivity index (χ4v) is 4.41. The third kappa shape index (κ3) is 5.80. The normalized spacial score (nSPS) is 11.2. The quantitative estimate of drug-likeness (QED) is 0.619. The Morgan fingerprint density at radius 3 is 2.44 bits per heavy atom. The Kier molecular flexibility index (Phi) is 7.37. The molecule has 0 aliphatic rings. The third-order valence-corrected chi connectivity index (χ3v) is 6.60. The summed E-state index contributed by atoms with van der Waals surface area (Å²) in [5, 5.41) is 4.41. The van der Waals surface area contributed by atoms with Gasteiger partial charge in [-0.05, 0) is 36.4 Å². The molecule has 0 fully saturated rings. The van der Waals surface area contributed by atoms with Crippen LogP contribution in [0, 0.1) is 0 Å². The number of nitrogens with one attached hydrogen (secondary N) is 2. The van der Waals surface area contributed by atoms with Crippen LogP contribution in [0.5, 0.6) is 0 Å². The first-order valence-corrected chi connectivity index (χ1v) is 10.9. The van der Waals surface area contributed by atoms with Gasteiger partial charge in [-0.15, -0.1) is 11.3 Å². The van der Waals surface area contributed by atoms with E-state index in [9.17, 15) is 18.0 Å². The SMILES string of the molecule is CCC(CC)NC(=O)COC(=O)c1ccccc1NS(=O)(=O)c1cccs1. The van der Waals surface area contributed by atoms with E-state index < -0.39 is 28.5 Å². The number of carbonyl (C=O) groups excluding carboxylic acids is 2. The molecule has 1 aromatic carbocycles. The van der Waals surface area contributed by atoms with E-state index in [0.717, 1.165) is 24.2 Å². The highest BCUT2D eigenvalue weighted by molar-refractivity contribution is 7.94. The highest BCUT2D eigenvalue weighted by Gasteiger charge is 2.20. The number of rotatable bonds is 9. The smallest absolute Gasteiger partial charge is 0.340 e. The number of amides is 1. The first kappa shape index (κ1) is 20.9. The molecule has 1 heterocycles. The number of hydrogen-bond donors (Lipinski definition) is 2. The zero-order valence-corrected chi connectivity index (χ0v) is 16.7. The van der Waals surface area contributed by atoms with E-state index in [1.165, 1.54) is 18.2 Å². The maximum Gasteiger partial charge on any atom is 0.340 e. The lowest BCUT2D eigenvalue weighted by Crippen LogP contribution is -2.36. The fraction of sp³-hybridized carbons (Fsp3) is 0.333. The van der Waals surface area contributed by atoms with Gasteiger partial charge in [0.05, 0.1) is 11.3 Å². The van der Waals surface area contributed by atoms with Crippen molar-refractivity contribution in [3.63, 3.8) is 0 Å². The molecule has 1 amide bonds. The van der Waals surface area contributed by atoms with Crippen molar-refractivity contribution in [2.24, 2.45) is 0 Å². The Hall–Kier alpha value is -2.39. The largest absolute Gasteiger partial charge is 0.452 e. The molecule has 27 heavy (non-hydrogen) atoms. The van der Waals surface area contributed by atoms with Crippen LogP contribution < -0.4 is 10.0 Å². The Bertz CT molecular complexity index is 875. The average Bonchev–Trinajstić information content (AvgIpc) is 3.20. The standard InChI is InChI=1S/C18H22N2O5S2/c1-3-13(4-2)19-16(21)12-25-18(22)14-8-5-6-9-15(14)20-27(23,24)17-10-7-11-26-17/h5-11,13,20H,3-4,12H2,1-2H3,(H,19,21). The van der Waals surface area contributed by atoms with Crippen molar-refractivity contribution in [2.75, 3.05) is 11.3 Å². The van der Waals surface area contributed by atoms with Crippen LogP contribution in [-0.4, -0.2) is 32.9 Å². The summed E-state index contributed by atoms with van der Waals surface area (Å²) in [6.07, 6.45) is 1.56. The van der Waals surface area contributed by atoms with Crippen LogP contribution in [-0.2, 0) is 19.6 Å². The van der Waals surface area contributed by atoms with Crippen molar-refractivity contribution < 1.29 is 22.7 Å². The molecule has 0 saturated carbocycles. The highest BCUT2D eigenvalue weighted by Crippen LogP contribution is 2.23. The second-order valence-electron chi connectivity index (χ2n) is 5.74. The molecule has 1 aromatic heterocycles. The number of hydrogen-bond acceptors (Lipinski definition) is 6. The predicted molar refractivity (Wildman–Crippen MR) is 104 cm³/mol. The van der Waals surface area contributed by atoms with Crippen LogP contribution in [0.15, 0.2) is 46.0 Å². The molecule has 0 aliphatic heterocycles. The van der Waals surface area contributed by atoms with Crippen molar-refractivity contribution in [3.05, 3.63) is 47.3 Å². The molecular weight excluding hydrogens is 388 g/mol. The molecule has 7 nitrogen and oxygen atoms in total. The molecular formula is C18H22N2O5S2. The first-order chi connectivity index (χ1) is 12.9. The van der Waals surface area contributed by atoms with Gasteiger partial charge in [0.2, 0.25) is 0 Å². The van der Waals surface area contributed by atoms with Crippen LogP contribution in [0.2, 0.25) is 0 Å². The maximum atomic E-state index is 12.4. The molecule has 0 bridgehead atoms. The van der Waals surface area contributed by atoms with Crippen molar-refractivity contribution in [1.82, 2.24) is 5.32 Å². The summed E-state index contributed by atoms with van der Waals surface area (Å²) in [7, 11) is -3.80. The number of thiophene rings is 1. The van der Waals surface area contributed by atoms with Gasteiger partial charge in [0.25, 0.3) is 15.9 Å². The fourth-order valence-electron chi connectivity index (χ4n) is 2.33. The van der Waals surface area contributed by atoms with Gasteiger partial charge < -0.3 is 10.1 Å². The Labute approximate surface area is 162 Å². The van der Waals surface area contributed by atoms with Crippen molar-refractivity contribution >= 4 is 38.9 Å². The summed E-state index contributed by atoms with van der Waals surface area (Å²) in [6.45, 7) is 3.48. The Morgan fingerprint density at radius 2 is 1.81 bits per heavy atom. The summed E-state index contributed by atoms with van der Waals surface area (Å²) in [5.74, 6) is -1.17. The van der Waals surface area contributed by atoms with E-state index >= 15 is 0 Å². The van der Waals surface area contributed by atoms with Gasteiger partial charge in [-0.2, -0.15) is 0 Å². The zero-order valence-electron chi connectivity index (χ0n) is 15.1. The summed E-state index contributed by atoms with van der Waals surface area (Å²) in [6, 6.07) is 9.21. The van der Waals surface area contributed by atoms with Gasteiger partial charge >= 0.3 is 5.97 Å². The van der Waals surface area contributed by atoms with E-state index in [1.54, 1.807) is 23.6 Å². The Morgan fingerprint density at radius 1 is 1.11 bits per heavy atom. The van der Waals surface area contributed by atoms with Gasteiger partial charge in [-0.25, -0.2) is 13.2 Å². The van der Waals surface area contributed by atoms with Gasteiger partial charge in [-0.1, -0.05) is 32.0 Å². The summed E-state index contributed by atoms with van der Waals surface area (Å²) in [5.41, 5.74) is 0.129. The van der Waals surface area contributed by atoms with Gasteiger partial charge in [0, 0.05) is 6.04 Å². The van der Waals surface area contributed by atoms with E-state index in [4.69, 9.17) is 4.74 Å². The number of anilines is 1. The maximum absolute atomic E-state index is 12.4. The first-order valence-electron chi connectivity index (χ1n) is 8.49. The lowest BCUT2D eigenvalue weighted by Gasteiger charge is -2.15. The van der Waals surface area contributed by atoms with Crippen LogP contribution in [0.4, 0.5) is 5.69 Å². The van der Waals surface area contributed by atoms with Crippen molar-refractivity contribution in [3.8, 4) is 0 Å². The van der Waals surface area contributed by atoms with Crippen LogP contribution >= 0.6 is 11.3 Å². The lowest BCUT2D eigenvalue weighted by molar-refractivity contribution is -0.125. The molecule has 2 N–H and O–H groups in total. The molecule has 0 atom stereocenters. The van der Waals surface area contributed by atoms with E-state index in [0.29, 0.717) is 0 Å². The average molecular weight is 411 g/mol. The minimum atomic E-state index is -3.80. The molecule has 0 spiro atoms. The summed E-state index contributed by atoms with van der Waals surface area (Å²) < 4.78 is 32.3. The molecule has 0 saturated heterocycles. The van der Waals surface area contributed by atoms with E-state index in [1.807, 2.05) is 13.8 Å². The van der Waals surface area contributed by atoms with E-state index in [2.05, 4.69) is 10.0 Å². The predicted octanol–water partition coefficient (Wildman–Crippen LogP) is 3.01. The number of ether oxygens (including phenoxy) is 1. The summed E-state index contributed by atoms with van der Waals surface area (Å²) in [4.78, 5) is 24.2. The zero-order chi connectivity index (χ0) is 19.9. The molecule has 146 valence electrons. The molecule has 2 aromatic rings. The second-order valence-corrected chi connectivity index (χ2v) is 8.60. The second kappa shape index (κ2) is 9.52. The number of esters is 1. The van der Waals surface area contributed by atoms with Gasteiger partial charge in [0.15, 0.2) is 6.61 Å². The molecule has 0 unspecified atom stereocenters. The number of benzene rings is 1. The lowest BCUT2D eigenvalue weighted by atomic mass is 10.2. The number of carbonyl (C=O) groups is 2. The topological polar surface area (TPSA) is 102 Å². The van der Waals surface area contributed by atoms with Crippen LogP contribution in [0.3, 0.4) is 0 Å². The number of para-hydroxylation sites is 1. The molecule has 2 rings (SSSR count). The summed E-state index contributed by atoms with van der Waals surface area (Å²) >= 11 is 1.07. The molecule has 9 heteroatoms. The minimum absolute atomic E-state index is 0.0288. The minimum Gasteiger partial charge on any atom is -0.452 e. The van der Waals surface area contributed by atoms with Crippen LogP contribution in [0.1, 0.15) is 37.0 Å². The monoisotopic (exact) mass is 410 g/mol. The third-order valence-electron chi connectivity index (χ3n) is 3.84. The van der Waals surface area contributed by atoms with Crippen molar-refractivity contribution in [2.45, 2.75) is 36.9 Å². The molecule has 0 aliphatic carbocycles.